The maximum atomic E-state index is 10.5. The number of rotatable bonds is 0. The molecule has 0 aliphatic rings. The van der Waals surface area contributed by atoms with E-state index in [9.17, 15) is 5.21 Å². The Morgan fingerprint density at radius 3 is 2.44 bits per heavy atom. The van der Waals surface area contributed by atoms with Gasteiger partial charge in [-0.2, -0.15) is 4.73 Å². The van der Waals surface area contributed by atoms with Gasteiger partial charge in [-0.3, -0.25) is 0 Å². The fourth-order valence-electron chi connectivity index (χ4n) is 0.419. The molecule has 0 aliphatic heterocycles. The Morgan fingerprint density at radius 1 is 1.44 bits per heavy atom. The molecular formula is C5H5NOSSn. The molecule has 1 heterocycles. The molecule has 1 aromatic heterocycles. The van der Waals surface area contributed by atoms with E-state index >= 15 is 0 Å². The Kier molecular flexibility index (Phi) is 4.05. The van der Waals surface area contributed by atoms with Gasteiger partial charge in [0.25, 0.3) is 0 Å². The number of aromatic nitrogens is 1. The van der Waals surface area contributed by atoms with Crippen molar-refractivity contribution in [3.63, 3.8) is 0 Å². The Labute approximate surface area is 75.8 Å². The minimum Gasteiger partial charge on any atom is -0.618 e. The smallest absolute Gasteiger partial charge is 0.248 e. The van der Waals surface area contributed by atoms with Gasteiger partial charge in [-0.05, 0) is 6.07 Å². The molecule has 0 bridgehead atoms. The first-order valence-corrected chi connectivity index (χ1v) is 2.62. The molecule has 4 radical (unpaired) electrons. The second-order valence-corrected chi connectivity index (χ2v) is 1.84. The van der Waals surface area contributed by atoms with Crippen molar-refractivity contribution in [3.8, 4) is 0 Å². The molecule has 0 amide bonds. The summed E-state index contributed by atoms with van der Waals surface area (Å²) >= 11 is 3.85. The van der Waals surface area contributed by atoms with E-state index in [1.165, 1.54) is 6.20 Å². The summed E-state index contributed by atoms with van der Waals surface area (Å²) in [7, 11) is 0. The van der Waals surface area contributed by atoms with Crippen molar-refractivity contribution in [2.24, 2.45) is 0 Å². The van der Waals surface area contributed by atoms with E-state index in [4.69, 9.17) is 0 Å². The molecule has 0 spiro atoms. The molecule has 2 nitrogen and oxygen atoms in total. The second-order valence-electron chi connectivity index (χ2n) is 1.38. The zero-order valence-corrected chi connectivity index (χ0v) is 8.36. The number of hydrogen-bond donors (Lipinski definition) is 1. The standard InChI is InChI=1S/C5H5NOS.Sn/c7-6-4-2-1-3-5(6)8;/h1-4,8H;. The normalized spacial score (nSPS) is 8.11. The Hall–Kier alpha value is 0.0987. The topological polar surface area (TPSA) is 26.9 Å². The molecular weight excluding hydrogens is 241 g/mol. The van der Waals surface area contributed by atoms with Gasteiger partial charge in [0.2, 0.25) is 5.03 Å². The van der Waals surface area contributed by atoms with E-state index in [0.29, 0.717) is 9.76 Å². The van der Waals surface area contributed by atoms with E-state index in [-0.39, 0.29) is 23.9 Å². The summed E-state index contributed by atoms with van der Waals surface area (Å²) in [5, 5.41) is 10.9. The summed E-state index contributed by atoms with van der Waals surface area (Å²) in [5.74, 6) is 0. The maximum absolute atomic E-state index is 10.5. The van der Waals surface area contributed by atoms with Gasteiger partial charge < -0.3 is 5.21 Å². The van der Waals surface area contributed by atoms with Crippen LogP contribution >= 0.6 is 12.6 Å². The fraction of sp³-hybridized carbons (Fsp3) is 0. The van der Waals surface area contributed by atoms with Crippen molar-refractivity contribution in [3.05, 3.63) is 29.6 Å². The molecule has 0 atom stereocenters. The van der Waals surface area contributed by atoms with E-state index in [2.05, 4.69) is 12.6 Å². The number of pyridine rings is 1. The number of thiol groups is 1. The van der Waals surface area contributed by atoms with Crippen LogP contribution in [-0.4, -0.2) is 23.9 Å². The van der Waals surface area contributed by atoms with Crippen molar-refractivity contribution < 1.29 is 4.73 Å². The fourth-order valence-corrected chi connectivity index (χ4v) is 0.572. The van der Waals surface area contributed by atoms with Crippen LogP contribution in [0.2, 0.25) is 0 Å². The van der Waals surface area contributed by atoms with Crippen molar-refractivity contribution >= 4 is 36.5 Å². The maximum Gasteiger partial charge on any atom is 0.248 e. The third-order valence-electron chi connectivity index (χ3n) is 0.804. The average molecular weight is 246 g/mol. The van der Waals surface area contributed by atoms with Gasteiger partial charge in [0.1, 0.15) is 0 Å². The van der Waals surface area contributed by atoms with E-state index in [1.807, 2.05) is 0 Å². The van der Waals surface area contributed by atoms with Gasteiger partial charge in [0, 0.05) is 36.0 Å². The van der Waals surface area contributed by atoms with Crippen LogP contribution in [0.4, 0.5) is 0 Å². The molecule has 0 unspecified atom stereocenters. The van der Waals surface area contributed by atoms with Crippen molar-refractivity contribution in [2.45, 2.75) is 5.03 Å². The summed E-state index contributed by atoms with van der Waals surface area (Å²) in [4.78, 5) is 0. The van der Waals surface area contributed by atoms with E-state index in [1.54, 1.807) is 18.2 Å². The summed E-state index contributed by atoms with van der Waals surface area (Å²) in [5.41, 5.74) is 0. The van der Waals surface area contributed by atoms with Gasteiger partial charge in [-0.15, -0.1) is 0 Å². The monoisotopic (exact) mass is 247 g/mol. The quantitative estimate of drug-likeness (QED) is 0.301. The first kappa shape index (κ1) is 9.10. The summed E-state index contributed by atoms with van der Waals surface area (Å²) in [6.45, 7) is 0. The molecule has 0 saturated carbocycles. The van der Waals surface area contributed by atoms with Crippen LogP contribution in [-0.2, 0) is 0 Å². The second kappa shape index (κ2) is 4.00. The first-order valence-electron chi connectivity index (χ1n) is 2.18. The van der Waals surface area contributed by atoms with E-state index in [0.717, 1.165) is 0 Å². The molecule has 0 saturated heterocycles. The van der Waals surface area contributed by atoms with Crippen molar-refractivity contribution in [1.29, 1.82) is 0 Å². The van der Waals surface area contributed by atoms with Gasteiger partial charge in [0.05, 0.1) is 0 Å². The van der Waals surface area contributed by atoms with Crippen molar-refractivity contribution in [2.75, 3.05) is 0 Å². The summed E-state index contributed by atoms with van der Waals surface area (Å²) in [6, 6.07) is 5.06. The molecule has 1 aromatic rings. The van der Waals surface area contributed by atoms with Gasteiger partial charge in [-0.1, -0.05) is 12.6 Å². The third kappa shape index (κ3) is 2.45. The van der Waals surface area contributed by atoms with Gasteiger partial charge >= 0.3 is 0 Å². The summed E-state index contributed by atoms with van der Waals surface area (Å²) in [6.07, 6.45) is 1.41. The largest absolute Gasteiger partial charge is 0.618 e. The van der Waals surface area contributed by atoms with Crippen LogP contribution in [0.5, 0.6) is 0 Å². The third-order valence-corrected chi connectivity index (χ3v) is 1.15. The minimum absolute atomic E-state index is 0. The Balaban J connectivity index is 0.000000640. The molecule has 1 rings (SSSR count). The molecule has 0 aliphatic carbocycles. The van der Waals surface area contributed by atoms with Crippen LogP contribution in [0, 0.1) is 5.21 Å². The van der Waals surface area contributed by atoms with Crippen LogP contribution in [0.15, 0.2) is 29.4 Å². The van der Waals surface area contributed by atoms with Gasteiger partial charge in [0.15, 0.2) is 6.20 Å². The Bertz CT molecular complexity index is 173. The Morgan fingerprint density at radius 2 is 2.11 bits per heavy atom. The van der Waals surface area contributed by atoms with Crippen LogP contribution in [0.25, 0.3) is 0 Å². The predicted octanol–water partition coefficient (Wildman–Crippen LogP) is 0.228. The SMILES string of the molecule is [O-][n+]1ccccc1S.[Sn]. The first-order chi connectivity index (χ1) is 3.80. The molecule has 0 N–H and O–H groups in total. The average Bonchev–Trinajstić information content (AvgIpc) is 1.77. The van der Waals surface area contributed by atoms with E-state index < -0.39 is 0 Å². The number of hydrogen-bond acceptors (Lipinski definition) is 2. The number of nitrogens with zero attached hydrogens (tertiary/aromatic N) is 1. The van der Waals surface area contributed by atoms with Crippen LogP contribution < -0.4 is 4.73 Å². The minimum atomic E-state index is 0. The summed E-state index contributed by atoms with van der Waals surface area (Å²) < 4.78 is 0.698. The van der Waals surface area contributed by atoms with Crippen molar-refractivity contribution in [1.82, 2.24) is 0 Å². The molecule has 46 valence electrons. The van der Waals surface area contributed by atoms with Gasteiger partial charge in [-0.25, -0.2) is 0 Å². The zero-order valence-electron chi connectivity index (χ0n) is 4.61. The molecule has 0 fully saturated rings. The predicted molar refractivity (Wildman–Crippen MR) is 38.4 cm³/mol. The molecule has 4 heteroatoms. The molecule has 9 heavy (non-hydrogen) atoms. The zero-order chi connectivity index (χ0) is 5.98. The van der Waals surface area contributed by atoms with Crippen LogP contribution in [0.1, 0.15) is 0 Å². The van der Waals surface area contributed by atoms with Crippen LogP contribution in [0.3, 0.4) is 0 Å². The molecule has 0 aromatic carbocycles.